The predicted molar refractivity (Wildman–Crippen MR) is 83.5 cm³/mol. The minimum atomic E-state index is 0.208. The molecule has 1 heterocycles. The van der Waals surface area contributed by atoms with Crippen LogP contribution in [0.15, 0.2) is 42.6 Å². The number of aromatic nitrogens is 1. The van der Waals surface area contributed by atoms with E-state index in [1.165, 1.54) is 24.0 Å². The van der Waals surface area contributed by atoms with Crippen molar-refractivity contribution in [1.82, 2.24) is 10.4 Å². The zero-order chi connectivity index (χ0) is 14.4. The van der Waals surface area contributed by atoms with Crippen molar-refractivity contribution >= 4 is 0 Å². The Labute approximate surface area is 125 Å². The van der Waals surface area contributed by atoms with Crippen LogP contribution in [0.1, 0.15) is 40.8 Å². The van der Waals surface area contributed by atoms with Gasteiger partial charge in [0.05, 0.1) is 6.04 Å². The van der Waals surface area contributed by atoms with Gasteiger partial charge in [0, 0.05) is 11.9 Å². The number of nitrogens with one attached hydrogen (secondary N) is 1. The molecule has 21 heavy (non-hydrogen) atoms. The normalized spacial score (nSPS) is 27.6. The molecule has 3 heteroatoms. The number of aryl methyl sites for hydroxylation is 2. The third-order valence-corrected chi connectivity index (χ3v) is 5.25. The first-order valence-electron chi connectivity index (χ1n) is 7.76. The van der Waals surface area contributed by atoms with Gasteiger partial charge in [0.15, 0.2) is 0 Å². The second-order valence-electron chi connectivity index (χ2n) is 6.38. The lowest BCUT2D eigenvalue weighted by atomic mass is 9.92. The van der Waals surface area contributed by atoms with Gasteiger partial charge < -0.3 is 0 Å². The van der Waals surface area contributed by atoms with Gasteiger partial charge in [-0.05, 0) is 60.3 Å². The Balaban J connectivity index is 1.64. The number of fused-ring (bicyclic) bond motifs is 3. The fourth-order valence-electron chi connectivity index (χ4n) is 4.17. The van der Waals surface area contributed by atoms with E-state index in [0.29, 0.717) is 11.8 Å². The third kappa shape index (κ3) is 2.08. The van der Waals surface area contributed by atoms with E-state index in [0.717, 1.165) is 11.6 Å². The van der Waals surface area contributed by atoms with Crippen molar-refractivity contribution in [1.29, 1.82) is 0 Å². The molecule has 4 rings (SSSR count). The molecule has 4 atom stereocenters. The number of benzene rings is 1. The summed E-state index contributed by atoms with van der Waals surface area (Å²) in [7, 11) is 0. The van der Waals surface area contributed by atoms with E-state index in [4.69, 9.17) is 5.84 Å². The molecular formula is C18H21N3. The average molecular weight is 279 g/mol. The van der Waals surface area contributed by atoms with Gasteiger partial charge in [0.1, 0.15) is 0 Å². The van der Waals surface area contributed by atoms with Gasteiger partial charge in [-0.3, -0.25) is 16.3 Å². The molecule has 1 aromatic carbocycles. The monoisotopic (exact) mass is 279 g/mol. The molecule has 2 aromatic rings. The van der Waals surface area contributed by atoms with Crippen LogP contribution in [0.25, 0.3) is 0 Å². The summed E-state index contributed by atoms with van der Waals surface area (Å²) in [5.74, 6) is 7.91. The predicted octanol–water partition coefficient (Wildman–Crippen LogP) is 2.87. The van der Waals surface area contributed by atoms with Crippen molar-refractivity contribution < 1.29 is 0 Å². The summed E-state index contributed by atoms with van der Waals surface area (Å²) in [5, 5.41) is 0. The number of hydrogen-bond donors (Lipinski definition) is 2. The summed E-state index contributed by atoms with van der Waals surface area (Å²) in [5.41, 5.74) is 8.37. The van der Waals surface area contributed by atoms with Crippen LogP contribution in [0.3, 0.4) is 0 Å². The fraction of sp³-hybridized carbons (Fsp3) is 0.389. The van der Waals surface area contributed by atoms with Crippen molar-refractivity contribution in [3.05, 3.63) is 65.0 Å². The molecule has 0 radical (unpaired) electrons. The highest BCUT2D eigenvalue weighted by atomic mass is 15.2. The molecule has 1 saturated carbocycles. The molecular weight excluding hydrogens is 258 g/mol. The molecule has 0 aliphatic heterocycles. The summed E-state index contributed by atoms with van der Waals surface area (Å²) in [6.07, 6.45) is 4.46. The lowest BCUT2D eigenvalue weighted by Gasteiger charge is -2.16. The number of nitrogens with two attached hydrogens (primary N) is 1. The van der Waals surface area contributed by atoms with Crippen LogP contribution in [0.5, 0.6) is 0 Å². The summed E-state index contributed by atoms with van der Waals surface area (Å²) in [6, 6.07) is 13.3. The molecule has 3 N–H and O–H groups in total. The highest BCUT2D eigenvalue weighted by Gasteiger charge is 2.56. The van der Waals surface area contributed by atoms with Gasteiger partial charge in [-0.1, -0.05) is 30.3 Å². The van der Waals surface area contributed by atoms with Gasteiger partial charge in [-0.25, -0.2) is 0 Å². The molecule has 108 valence electrons. The zero-order valence-electron chi connectivity index (χ0n) is 12.3. The smallest absolute Gasteiger partial charge is 0.0512 e. The minimum Gasteiger partial charge on any atom is -0.271 e. The maximum atomic E-state index is 5.88. The summed E-state index contributed by atoms with van der Waals surface area (Å²) < 4.78 is 0. The van der Waals surface area contributed by atoms with E-state index in [1.807, 2.05) is 13.1 Å². The second kappa shape index (κ2) is 4.93. The Morgan fingerprint density at radius 1 is 1.24 bits per heavy atom. The standard InChI is InChI=1S/C18H21N3/c1-11-6-7-13(10-20-11)18(21-19)17-15-9-8-12-4-2-3-5-14(12)16(15)17/h2-7,10,15-18,21H,8-9,19H2,1H3. The van der Waals surface area contributed by atoms with E-state index in [1.54, 1.807) is 5.56 Å². The van der Waals surface area contributed by atoms with E-state index in [-0.39, 0.29) is 6.04 Å². The van der Waals surface area contributed by atoms with Crippen molar-refractivity contribution in [2.75, 3.05) is 0 Å². The SMILES string of the molecule is Cc1ccc(C(NN)C2C3CCc4ccccc4C32)cn1. The van der Waals surface area contributed by atoms with Crippen LogP contribution in [-0.2, 0) is 6.42 Å². The van der Waals surface area contributed by atoms with Crippen LogP contribution in [-0.4, -0.2) is 4.98 Å². The molecule has 3 nitrogen and oxygen atoms in total. The van der Waals surface area contributed by atoms with E-state index < -0.39 is 0 Å². The van der Waals surface area contributed by atoms with Crippen LogP contribution in [0.4, 0.5) is 0 Å². The molecule has 4 unspecified atom stereocenters. The molecule has 1 aromatic heterocycles. The Hall–Kier alpha value is -1.71. The van der Waals surface area contributed by atoms with Gasteiger partial charge in [-0.2, -0.15) is 0 Å². The Bertz CT molecular complexity index is 650. The Kier molecular flexibility index (Phi) is 3.05. The van der Waals surface area contributed by atoms with Crippen molar-refractivity contribution in [3.63, 3.8) is 0 Å². The van der Waals surface area contributed by atoms with Crippen molar-refractivity contribution in [3.8, 4) is 0 Å². The van der Waals surface area contributed by atoms with Crippen LogP contribution in [0, 0.1) is 18.8 Å². The zero-order valence-corrected chi connectivity index (χ0v) is 12.3. The molecule has 1 fully saturated rings. The Morgan fingerprint density at radius 2 is 2.10 bits per heavy atom. The molecule has 0 saturated heterocycles. The lowest BCUT2D eigenvalue weighted by molar-refractivity contribution is 0.459. The average Bonchev–Trinajstić information content (AvgIpc) is 3.25. The van der Waals surface area contributed by atoms with Gasteiger partial charge in [-0.15, -0.1) is 0 Å². The second-order valence-corrected chi connectivity index (χ2v) is 6.38. The summed E-state index contributed by atoms with van der Waals surface area (Å²) in [4.78, 5) is 4.42. The number of hydrazine groups is 1. The third-order valence-electron chi connectivity index (χ3n) is 5.25. The Morgan fingerprint density at radius 3 is 2.86 bits per heavy atom. The molecule has 2 aliphatic rings. The minimum absolute atomic E-state index is 0.208. The van der Waals surface area contributed by atoms with Crippen LogP contribution >= 0.6 is 0 Å². The first-order valence-corrected chi connectivity index (χ1v) is 7.76. The number of hydrogen-bond acceptors (Lipinski definition) is 3. The van der Waals surface area contributed by atoms with Gasteiger partial charge in [0.2, 0.25) is 0 Å². The maximum absolute atomic E-state index is 5.88. The van der Waals surface area contributed by atoms with Crippen LogP contribution < -0.4 is 11.3 Å². The molecule has 2 aliphatic carbocycles. The molecule has 0 spiro atoms. The first kappa shape index (κ1) is 13.0. The van der Waals surface area contributed by atoms with E-state index in [9.17, 15) is 0 Å². The van der Waals surface area contributed by atoms with Crippen LogP contribution in [0.2, 0.25) is 0 Å². The first-order chi connectivity index (χ1) is 10.3. The topological polar surface area (TPSA) is 50.9 Å². The quantitative estimate of drug-likeness (QED) is 0.671. The highest BCUT2D eigenvalue weighted by Crippen LogP contribution is 2.63. The van der Waals surface area contributed by atoms with Gasteiger partial charge in [0.25, 0.3) is 0 Å². The fourth-order valence-corrected chi connectivity index (χ4v) is 4.17. The summed E-state index contributed by atoms with van der Waals surface area (Å²) in [6.45, 7) is 2.02. The molecule has 0 amide bonds. The lowest BCUT2D eigenvalue weighted by Crippen LogP contribution is -2.30. The maximum Gasteiger partial charge on any atom is 0.0512 e. The van der Waals surface area contributed by atoms with Crippen molar-refractivity contribution in [2.45, 2.75) is 31.7 Å². The largest absolute Gasteiger partial charge is 0.271 e. The van der Waals surface area contributed by atoms with Gasteiger partial charge >= 0.3 is 0 Å². The summed E-state index contributed by atoms with van der Waals surface area (Å²) >= 11 is 0. The van der Waals surface area contributed by atoms with E-state index in [2.05, 4.69) is 46.8 Å². The van der Waals surface area contributed by atoms with Crippen molar-refractivity contribution in [2.24, 2.45) is 17.7 Å². The number of nitrogens with zero attached hydrogens (tertiary/aromatic N) is 1. The number of pyridine rings is 1. The van der Waals surface area contributed by atoms with E-state index >= 15 is 0 Å². The number of rotatable bonds is 3. The highest BCUT2D eigenvalue weighted by molar-refractivity contribution is 5.41. The molecule has 0 bridgehead atoms.